The zero-order valence-corrected chi connectivity index (χ0v) is 12.8. The molecule has 0 fully saturated rings. The van der Waals surface area contributed by atoms with Crippen LogP contribution in [-0.4, -0.2) is 17.6 Å². The number of carbonyl (C=O) groups excluding carboxylic acids is 1. The van der Waals surface area contributed by atoms with Crippen LogP contribution in [0, 0.1) is 5.82 Å². The zero-order valence-electron chi connectivity index (χ0n) is 12.8. The van der Waals surface area contributed by atoms with Crippen molar-refractivity contribution in [1.82, 2.24) is 5.32 Å². The van der Waals surface area contributed by atoms with Crippen LogP contribution in [-0.2, 0) is 17.8 Å². The quantitative estimate of drug-likeness (QED) is 0.825. The van der Waals surface area contributed by atoms with Crippen LogP contribution in [0.2, 0.25) is 0 Å². The fourth-order valence-electron chi connectivity index (χ4n) is 2.13. The molecule has 0 spiro atoms. The van der Waals surface area contributed by atoms with Crippen LogP contribution in [0.1, 0.15) is 23.1 Å². The summed E-state index contributed by atoms with van der Waals surface area (Å²) in [6.07, 6.45) is 4.22. The summed E-state index contributed by atoms with van der Waals surface area (Å²) >= 11 is 0. The summed E-state index contributed by atoms with van der Waals surface area (Å²) in [7, 11) is 0. The number of benzene rings is 2. The molecule has 0 atom stereocenters. The Morgan fingerprint density at radius 2 is 1.78 bits per heavy atom. The second-order valence-corrected chi connectivity index (χ2v) is 5.20. The Labute approximate surface area is 135 Å². The van der Waals surface area contributed by atoms with E-state index in [-0.39, 0.29) is 24.8 Å². The topological polar surface area (TPSA) is 49.3 Å². The lowest BCUT2D eigenvalue weighted by atomic mass is 10.1. The van der Waals surface area contributed by atoms with E-state index in [1.165, 1.54) is 6.07 Å². The van der Waals surface area contributed by atoms with Gasteiger partial charge in [-0.2, -0.15) is 0 Å². The minimum absolute atomic E-state index is 0.0331. The number of rotatable bonds is 7. The van der Waals surface area contributed by atoms with Crippen LogP contribution in [0.3, 0.4) is 0 Å². The van der Waals surface area contributed by atoms with Crippen LogP contribution in [0.4, 0.5) is 4.39 Å². The van der Waals surface area contributed by atoms with Crippen LogP contribution >= 0.6 is 0 Å². The van der Waals surface area contributed by atoms with E-state index in [2.05, 4.69) is 5.32 Å². The van der Waals surface area contributed by atoms with Gasteiger partial charge in [-0.25, -0.2) is 4.39 Å². The van der Waals surface area contributed by atoms with Gasteiger partial charge in [0.1, 0.15) is 5.82 Å². The van der Waals surface area contributed by atoms with Crippen molar-refractivity contribution >= 4 is 12.0 Å². The molecule has 0 bridgehead atoms. The minimum atomic E-state index is -0.296. The van der Waals surface area contributed by atoms with Gasteiger partial charge in [-0.1, -0.05) is 54.6 Å². The van der Waals surface area contributed by atoms with Crippen molar-refractivity contribution in [3.8, 4) is 0 Å². The largest absolute Gasteiger partial charge is 0.392 e. The maximum absolute atomic E-state index is 13.4. The molecule has 2 aromatic carbocycles. The highest BCUT2D eigenvalue weighted by Crippen LogP contribution is 2.08. The Balaban J connectivity index is 1.71. The van der Waals surface area contributed by atoms with Gasteiger partial charge in [0.05, 0.1) is 6.61 Å². The van der Waals surface area contributed by atoms with Crippen molar-refractivity contribution in [2.45, 2.75) is 19.4 Å². The Morgan fingerprint density at radius 3 is 2.48 bits per heavy atom. The van der Waals surface area contributed by atoms with E-state index in [0.717, 1.165) is 17.5 Å². The molecule has 3 nitrogen and oxygen atoms in total. The lowest BCUT2D eigenvalue weighted by Crippen LogP contribution is -2.24. The van der Waals surface area contributed by atoms with E-state index in [9.17, 15) is 9.18 Å². The van der Waals surface area contributed by atoms with Gasteiger partial charge in [0.2, 0.25) is 5.91 Å². The minimum Gasteiger partial charge on any atom is -0.392 e. The molecule has 0 aliphatic carbocycles. The van der Waals surface area contributed by atoms with Gasteiger partial charge in [-0.15, -0.1) is 0 Å². The maximum Gasteiger partial charge on any atom is 0.223 e. The zero-order chi connectivity index (χ0) is 16.5. The molecule has 2 N–H and O–H groups in total. The van der Waals surface area contributed by atoms with E-state index in [1.807, 2.05) is 24.3 Å². The second-order valence-electron chi connectivity index (χ2n) is 5.20. The summed E-state index contributed by atoms with van der Waals surface area (Å²) in [6.45, 7) is 0.580. The lowest BCUT2D eigenvalue weighted by Gasteiger charge is -2.05. The first-order valence-electron chi connectivity index (χ1n) is 7.55. The number of halogens is 1. The number of hydrogen-bond donors (Lipinski definition) is 2. The van der Waals surface area contributed by atoms with Crippen LogP contribution in [0.5, 0.6) is 0 Å². The molecule has 0 aromatic heterocycles. The molecule has 0 heterocycles. The van der Waals surface area contributed by atoms with E-state index in [4.69, 9.17) is 5.11 Å². The summed E-state index contributed by atoms with van der Waals surface area (Å²) < 4.78 is 13.4. The SMILES string of the molecule is O=C(C/C=C/c1ccccc1F)NCCc1ccc(CO)cc1. The summed E-state index contributed by atoms with van der Waals surface area (Å²) in [5, 5.41) is 11.8. The molecular weight excluding hydrogens is 293 g/mol. The predicted molar refractivity (Wildman–Crippen MR) is 89.1 cm³/mol. The highest BCUT2D eigenvalue weighted by molar-refractivity contribution is 5.78. The fourth-order valence-corrected chi connectivity index (χ4v) is 2.13. The van der Waals surface area contributed by atoms with Crippen molar-refractivity contribution in [3.05, 3.63) is 77.1 Å². The third-order valence-corrected chi connectivity index (χ3v) is 3.45. The van der Waals surface area contributed by atoms with E-state index >= 15 is 0 Å². The average Bonchev–Trinajstić information content (AvgIpc) is 2.57. The van der Waals surface area contributed by atoms with Crippen LogP contribution in [0.25, 0.3) is 6.08 Å². The number of nitrogens with one attached hydrogen (secondary N) is 1. The van der Waals surface area contributed by atoms with Gasteiger partial charge in [0.25, 0.3) is 0 Å². The molecular formula is C19H20FNO2. The third kappa shape index (κ3) is 5.68. The average molecular weight is 313 g/mol. The molecule has 0 saturated carbocycles. The van der Waals surface area contributed by atoms with Gasteiger partial charge in [0, 0.05) is 18.5 Å². The number of aliphatic hydroxyl groups excluding tert-OH is 1. The Hall–Kier alpha value is -2.46. The van der Waals surface area contributed by atoms with Gasteiger partial charge in [0.15, 0.2) is 0 Å². The fraction of sp³-hybridized carbons (Fsp3) is 0.211. The Morgan fingerprint density at radius 1 is 1.09 bits per heavy atom. The number of carbonyl (C=O) groups is 1. The normalized spacial score (nSPS) is 10.9. The first-order valence-corrected chi connectivity index (χ1v) is 7.55. The molecule has 0 radical (unpaired) electrons. The van der Waals surface area contributed by atoms with Crippen LogP contribution < -0.4 is 5.32 Å². The molecule has 0 aliphatic rings. The van der Waals surface area contributed by atoms with Crippen molar-refractivity contribution in [2.24, 2.45) is 0 Å². The molecule has 2 aromatic rings. The van der Waals surface area contributed by atoms with Gasteiger partial charge in [-0.3, -0.25) is 4.79 Å². The summed E-state index contributed by atoms with van der Waals surface area (Å²) in [5.41, 5.74) is 2.45. The second kappa shape index (κ2) is 8.86. The van der Waals surface area contributed by atoms with Crippen molar-refractivity contribution in [1.29, 1.82) is 0 Å². The standard InChI is InChI=1S/C19H20FNO2/c20-18-6-2-1-4-17(18)5-3-7-19(23)21-13-12-15-8-10-16(14-22)11-9-15/h1-6,8-11,22H,7,12-14H2,(H,21,23)/b5-3+. The van der Waals surface area contributed by atoms with Gasteiger partial charge >= 0.3 is 0 Å². The first-order chi connectivity index (χ1) is 11.2. The highest BCUT2D eigenvalue weighted by atomic mass is 19.1. The van der Waals surface area contributed by atoms with Crippen molar-refractivity contribution in [2.75, 3.05) is 6.54 Å². The highest BCUT2D eigenvalue weighted by Gasteiger charge is 2.00. The van der Waals surface area contributed by atoms with E-state index < -0.39 is 0 Å². The molecule has 23 heavy (non-hydrogen) atoms. The van der Waals surface area contributed by atoms with Gasteiger partial charge < -0.3 is 10.4 Å². The summed E-state index contributed by atoms with van der Waals surface area (Å²) in [6, 6.07) is 14.1. The molecule has 0 aliphatic heterocycles. The van der Waals surface area contributed by atoms with Gasteiger partial charge in [-0.05, 0) is 23.6 Å². The maximum atomic E-state index is 13.4. The van der Waals surface area contributed by atoms with Crippen LogP contribution in [0.15, 0.2) is 54.6 Å². The van der Waals surface area contributed by atoms with E-state index in [0.29, 0.717) is 12.1 Å². The number of hydrogen-bond acceptors (Lipinski definition) is 2. The Kier molecular flexibility index (Phi) is 6.51. The molecule has 1 amide bonds. The Bertz CT molecular complexity index is 665. The molecule has 0 saturated heterocycles. The van der Waals surface area contributed by atoms with E-state index in [1.54, 1.807) is 30.4 Å². The van der Waals surface area contributed by atoms with Crippen molar-refractivity contribution < 1.29 is 14.3 Å². The smallest absolute Gasteiger partial charge is 0.223 e. The first kappa shape index (κ1) is 16.9. The molecule has 2 rings (SSSR count). The number of aliphatic hydroxyl groups is 1. The third-order valence-electron chi connectivity index (χ3n) is 3.45. The molecule has 120 valence electrons. The molecule has 4 heteroatoms. The number of amides is 1. The molecule has 0 unspecified atom stereocenters. The van der Waals surface area contributed by atoms with Crippen molar-refractivity contribution in [3.63, 3.8) is 0 Å². The summed E-state index contributed by atoms with van der Waals surface area (Å²) in [5.74, 6) is -0.389. The summed E-state index contributed by atoms with van der Waals surface area (Å²) in [4.78, 5) is 11.7. The lowest BCUT2D eigenvalue weighted by molar-refractivity contribution is -0.120. The predicted octanol–water partition coefficient (Wildman–Crippen LogP) is 3.08. The monoisotopic (exact) mass is 313 g/mol.